The van der Waals surface area contributed by atoms with E-state index in [4.69, 9.17) is 16.3 Å². The van der Waals surface area contributed by atoms with Gasteiger partial charge in [0.2, 0.25) is 5.91 Å². The van der Waals surface area contributed by atoms with Crippen molar-refractivity contribution in [3.8, 4) is 5.75 Å². The standard InChI is InChI=1S/C22H30ClFN4O4/c1-13-9-17(28(2)27-13)20(31)26-21-5-7-22(8-6-21,18(29)11-21)25-19(30)12-32-14-3-4-15(23)16(24)10-14/h3-4,10,13,17-18,27,29H,5-9,11-12H2,1-2H3,(H,25,30)(H,26,31)/t13?,17?,18-,21?,22?/m1/s1. The maximum absolute atomic E-state index is 13.5. The molecule has 2 unspecified atom stereocenters. The highest BCUT2D eigenvalue weighted by Gasteiger charge is 2.55. The normalized spacial score (nSPS) is 34.3. The van der Waals surface area contributed by atoms with Crippen LogP contribution in [0, 0.1) is 5.82 Å². The number of benzene rings is 1. The fraction of sp³-hybridized carbons (Fsp3) is 0.636. The summed E-state index contributed by atoms with van der Waals surface area (Å²) in [5.74, 6) is -0.829. The van der Waals surface area contributed by atoms with Crippen molar-refractivity contribution < 1.29 is 23.8 Å². The third-order valence-corrected chi connectivity index (χ3v) is 7.44. The van der Waals surface area contributed by atoms with Gasteiger partial charge in [-0.05, 0) is 57.6 Å². The number of likely N-dealkylation sites (N-methyl/N-ethyl adjacent to an activating group) is 1. The molecule has 3 aliphatic carbocycles. The number of halogens is 2. The Bertz CT molecular complexity index is 893. The van der Waals surface area contributed by atoms with Crippen molar-refractivity contribution in [1.29, 1.82) is 0 Å². The molecule has 5 rings (SSSR count). The molecule has 1 aliphatic heterocycles. The SMILES string of the molecule is CC1CC(C(=O)NC23CCC(NC(=O)COc4ccc(Cl)c(F)c4)(CC2)[C@H](O)C3)N(C)N1. The third kappa shape index (κ3) is 4.57. The highest BCUT2D eigenvalue weighted by atomic mass is 35.5. The second kappa shape index (κ2) is 8.78. The van der Waals surface area contributed by atoms with Gasteiger partial charge in [0.15, 0.2) is 6.61 Å². The van der Waals surface area contributed by atoms with Crippen molar-refractivity contribution in [2.24, 2.45) is 0 Å². The lowest BCUT2D eigenvalue weighted by Gasteiger charge is -2.56. The number of ether oxygens (including phenoxy) is 1. The molecule has 4 N–H and O–H groups in total. The van der Waals surface area contributed by atoms with Crippen LogP contribution in [0.15, 0.2) is 18.2 Å². The van der Waals surface area contributed by atoms with Crippen LogP contribution >= 0.6 is 11.6 Å². The van der Waals surface area contributed by atoms with Crippen LogP contribution in [0.25, 0.3) is 0 Å². The van der Waals surface area contributed by atoms with Crippen LogP contribution in [-0.2, 0) is 9.59 Å². The van der Waals surface area contributed by atoms with E-state index in [9.17, 15) is 19.1 Å². The number of hydrogen-bond donors (Lipinski definition) is 4. The average molecular weight is 469 g/mol. The van der Waals surface area contributed by atoms with Crippen molar-refractivity contribution in [2.75, 3.05) is 13.7 Å². The van der Waals surface area contributed by atoms with E-state index in [0.717, 1.165) is 12.5 Å². The second-order valence-electron chi connectivity index (χ2n) is 9.45. The Morgan fingerprint density at radius 2 is 2.03 bits per heavy atom. The molecule has 3 atom stereocenters. The molecule has 3 saturated carbocycles. The minimum absolute atomic E-state index is 0.0193. The van der Waals surface area contributed by atoms with Gasteiger partial charge < -0.3 is 20.5 Å². The van der Waals surface area contributed by atoms with E-state index in [2.05, 4.69) is 16.1 Å². The molecule has 1 aromatic carbocycles. The van der Waals surface area contributed by atoms with E-state index >= 15 is 0 Å². The summed E-state index contributed by atoms with van der Waals surface area (Å²) < 4.78 is 18.9. The highest BCUT2D eigenvalue weighted by molar-refractivity contribution is 6.30. The summed E-state index contributed by atoms with van der Waals surface area (Å²) in [6.45, 7) is 1.74. The molecule has 1 aromatic rings. The number of hydrogen-bond acceptors (Lipinski definition) is 6. The number of fused-ring (bicyclic) bond motifs is 3. The van der Waals surface area contributed by atoms with E-state index in [1.165, 1.54) is 12.1 Å². The minimum atomic E-state index is -0.777. The smallest absolute Gasteiger partial charge is 0.258 e. The Morgan fingerprint density at radius 1 is 1.31 bits per heavy atom. The molecule has 4 aliphatic rings. The number of nitrogens with zero attached hydrogens (tertiary/aromatic N) is 1. The maximum atomic E-state index is 13.5. The highest BCUT2D eigenvalue weighted by Crippen LogP contribution is 2.47. The van der Waals surface area contributed by atoms with Crippen molar-refractivity contribution in [2.45, 2.75) is 74.7 Å². The monoisotopic (exact) mass is 468 g/mol. The van der Waals surface area contributed by atoms with Crippen LogP contribution in [0.4, 0.5) is 4.39 Å². The second-order valence-corrected chi connectivity index (χ2v) is 9.86. The van der Waals surface area contributed by atoms with Gasteiger partial charge in [0.25, 0.3) is 5.91 Å². The molecular weight excluding hydrogens is 439 g/mol. The van der Waals surface area contributed by atoms with E-state index < -0.39 is 23.0 Å². The van der Waals surface area contributed by atoms with E-state index in [1.54, 1.807) is 0 Å². The molecule has 0 radical (unpaired) electrons. The largest absolute Gasteiger partial charge is 0.484 e. The van der Waals surface area contributed by atoms with Gasteiger partial charge in [-0.25, -0.2) is 9.40 Å². The predicted octanol–water partition coefficient (Wildman–Crippen LogP) is 1.50. The van der Waals surface area contributed by atoms with Crippen LogP contribution < -0.4 is 20.8 Å². The number of rotatable bonds is 6. The Labute approximate surface area is 191 Å². The Morgan fingerprint density at radius 3 is 2.62 bits per heavy atom. The molecule has 0 spiro atoms. The zero-order valence-electron chi connectivity index (χ0n) is 18.3. The van der Waals surface area contributed by atoms with Gasteiger partial charge in [0.05, 0.1) is 16.7 Å². The van der Waals surface area contributed by atoms with Crippen molar-refractivity contribution in [3.05, 3.63) is 29.0 Å². The number of nitrogens with one attached hydrogen (secondary N) is 3. The van der Waals surface area contributed by atoms with Gasteiger partial charge in [-0.15, -0.1) is 0 Å². The first-order chi connectivity index (χ1) is 15.1. The van der Waals surface area contributed by atoms with Crippen LogP contribution in [-0.4, -0.2) is 64.8 Å². The molecule has 0 aromatic heterocycles. The van der Waals surface area contributed by atoms with Gasteiger partial charge >= 0.3 is 0 Å². The summed E-state index contributed by atoms with van der Waals surface area (Å²) in [5, 5.41) is 18.9. The number of carbonyl (C=O) groups excluding carboxylic acids is 2. The Balaban J connectivity index is 1.32. The molecular formula is C22H30ClFN4O4. The van der Waals surface area contributed by atoms with Crippen LogP contribution in [0.5, 0.6) is 5.75 Å². The Kier molecular flexibility index (Phi) is 6.37. The first-order valence-corrected chi connectivity index (χ1v) is 11.4. The topological polar surface area (TPSA) is 103 Å². The van der Waals surface area contributed by atoms with Gasteiger partial charge in [-0.2, -0.15) is 0 Å². The first kappa shape index (κ1) is 23.2. The summed E-state index contributed by atoms with van der Waals surface area (Å²) in [7, 11) is 1.86. The quantitative estimate of drug-likeness (QED) is 0.504. The van der Waals surface area contributed by atoms with Gasteiger partial charge in [-0.1, -0.05) is 11.6 Å². The molecule has 1 heterocycles. The molecule has 32 heavy (non-hydrogen) atoms. The lowest BCUT2D eigenvalue weighted by molar-refractivity contribution is -0.138. The lowest BCUT2D eigenvalue weighted by Crippen LogP contribution is -2.71. The van der Waals surface area contributed by atoms with E-state index in [0.29, 0.717) is 32.1 Å². The summed E-state index contributed by atoms with van der Waals surface area (Å²) in [4.78, 5) is 25.4. The summed E-state index contributed by atoms with van der Waals surface area (Å²) in [6.07, 6.45) is 2.83. The van der Waals surface area contributed by atoms with E-state index in [1.807, 2.05) is 19.0 Å². The van der Waals surface area contributed by atoms with Crippen LogP contribution in [0.3, 0.4) is 0 Å². The minimum Gasteiger partial charge on any atom is -0.484 e. The van der Waals surface area contributed by atoms with Crippen LogP contribution in [0.2, 0.25) is 5.02 Å². The number of carbonyl (C=O) groups is 2. The fourth-order valence-electron chi connectivity index (χ4n) is 5.30. The van der Waals surface area contributed by atoms with Gasteiger partial charge in [0, 0.05) is 24.7 Å². The summed E-state index contributed by atoms with van der Waals surface area (Å²) in [5.41, 5.74) is 2.04. The van der Waals surface area contributed by atoms with Gasteiger partial charge in [0.1, 0.15) is 17.6 Å². The molecule has 176 valence electrons. The van der Waals surface area contributed by atoms with E-state index in [-0.39, 0.29) is 41.3 Å². The van der Waals surface area contributed by atoms with Crippen LogP contribution in [0.1, 0.15) is 45.4 Å². The van der Waals surface area contributed by atoms with Crippen molar-refractivity contribution in [1.82, 2.24) is 21.1 Å². The molecule has 1 saturated heterocycles. The lowest BCUT2D eigenvalue weighted by atomic mass is 9.59. The van der Waals surface area contributed by atoms with Gasteiger partial charge in [-0.3, -0.25) is 15.0 Å². The number of amides is 2. The maximum Gasteiger partial charge on any atom is 0.258 e. The third-order valence-electron chi connectivity index (χ3n) is 7.13. The Hall–Kier alpha value is -1.94. The average Bonchev–Trinajstić information content (AvgIpc) is 3.08. The van der Waals surface area contributed by atoms with Crippen molar-refractivity contribution in [3.63, 3.8) is 0 Å². The zero-order chi connectivity index (χ0) is 23.1. The summed E-state index contributed by atoms with van der Waals surface area (Å²) >= 11 is 5.65. The molecule has 4 fully saturated rings. The molecule has 8 nitrogen and oxygen atoms in total. The fourth-order valence-corrected chi connectivity index (χ4v) is 5.42. The zero-order valence-corrected chi connectivity index (χ0v) is 19.0. The number of aliphatic hydroxyl groups is 1. The number of aliphatic hydroxyl groups excluding tert-OH is 1. The molecule has 10 heteroatoms. The summed E-state index contributed by atoms with van der Waals surface area (Å²) in [6, 6.07) is 3.98. The first-order valence-electron chi connectivity index (χ1n) is 11.0. The predicted molar refractivity (Wildman–Crippen MR) is 117 cm³/mol. The molecule has 2 amide bonds. The van der Waals surface area contributed by atoms with Crippen molar-refractivity contribution >= 4 is 23.4 Å². The number of hydrazine groups is 1. The molecule has 2 bridgehead atoms.